The molecule has 0 amide bonds. The molecule has 0 aliphatic carbocycles. The van der Waals surface area contributed by atoms with Gasteiger partial charge in [-0.2, -0.15) is 4.31 Å². The molecule has 3 rings (SSSR count). The summed E-state index contributed by atoms with van der Waals surface area (Å²) in [5.41, 5.74) is 2.01. The average Bonchev–Trinajstić information content (AvgIpc) is 2.62. The van der Waals surface area contributed by atoms with Crippen LogP contribution in [0.1, 0.15) is 12.5 Å². The summed E-state index contributed by atoms with van der Waals surface area (Å²) in [5.74, 6) is 0. The summed E-state index contributed by atoms with van der Waals surface area (Å²) in [6, 6.07) is 12.5. The van der Waals surface area contributed by atoms with Gasteiger partial charge in [-0.05, 0) is 42.3 Å². The maximum Gasteiger partial charge on any atom is 0.243 e. The molecule has 4 nitrogen and oxygen atoms in total. The summed E-state index contributed by atoms with van der Waals surface area (Å²) in [4.78, 5) is 2.44. The van der Waals surface area contributed by atoms with Gasteiger partial charge in [0.15, 0.2) is 0 Å². The van der Waals surface area contributed by atoms with Crippen LogP contribution < -0.4 is 4.90 Å². The second kappa shape index (κ2) is 7.54. The molecule has 0 spiro atoms. The van der Waals surface area contributed by atoms with Crippen LogP contribution in [0.2, 0.25) is 10.0 Å². The molecule has 2 aromatic rings. The van der Waals surface area contributed by atoms with E-state index in [0.29, 0.717) is 41.1 Å². The molecule has 1 heterocycles. The molecule has 0 radical (unpaired) electrons. The second-order valence-corrected chi connectivity index (χ2v) is 8.77. The van der Waals surface area contributed by atoms with Crippen LogP contribution >= 0.6 is 23.2 Å². The van der Waals surface area contributed by atoms with E-state index >= 15 is 0 Å². The van der Waals surface area contributed by atoms with Gasteiger partial charge in [0.1, 0.15) is 0 Å². The van der Waals surface area contributed by atoms with Crippen LogP contribution in [0.25, 0.3) is 0 Å². The fourth-order valence-corrected chi connectivity index (χ4v) is 4.90. The molecule has 7 heteroatoms. The van der Waals surface area contributed by atoms with Crippen molar-refractivity contribution in [1.82, 2.24) is 4.31 Å². The number of hydrogen-bond acceptors (Lipinski definition) is 3. The summed E-state index contributed by atoms with van der Waals surface area (Å²) >= 11 is 12.2. The Labute approximate surface area is 159 Å². The minimum Gasteiger partial charge on any atom is -0.368 e. The van der Waals surface area contributed by atoms with Crippen LogP contribution in [-0.4, -0.2) is 38.9 Å². The van der Waals surface area contributed by atoms with Gasteiger partial charge in [-0.25, -0.2) is 8.42 Å². The van der Waals surface area contributed by atoms with Crippen molar-refractivity contribution in [1.29, 1.82) is 0 Å². The maximum atomic E-state index is 12.8. The molecule has 2 aromatic carbocycles. The van der Waals surface area contributed by atoms with Crippen LogP contribution in [0.5, 0.6) is 0 Å². The lowest BCUT2D eigenvalue weighted by Crippen LogP contribution is -2.48. The van der Waals surface area contributed by atoms with E-state index in [1.165, 1.54) is 4.31 Å². The zero-order valence-corrected chi connectivity index (χ0v) is 16.3. The summed E-state index contributed by atoms with van der Waals surface area (Å²) in [6.07, 6.45) is 0.890. The fraction of sp³-hybridized carbons (Fsp3) is 0.333. The molecule has 0 bridgehead atoms. The van der Waals surface area contributed by atoms with Crippen molar-refractivity contribution in [3.8, 4) is 0 Å². The molecule has 0 saturated carbocycles. The van der Waals surface area contributed by atoms with Gasteiger partial charge in [-0.3, -0.25) is 0 Å². The van der Waals surface area contributed by atoms with E-state index in [4.69, 9.17) is 23.2 Å². The van der Waals surface area contributed by atoms with Crippen molar-refractivity contribution >= 4 is 38.9 Å². The fourth-order valence-electron chi connectivity index (χ4n) is 2.95. The summed E-state index contributed by atoms with van der Waals surface area (Å²) in [5, 5.41) is 1.17. The van der Waals surface area contributed by atoms with Crippen molar-refractivity contribution in [2.45, 2.75) is 18.2 Å². The number of rotatable bonds is 4. The van der Waals surface area contributed by atoms with Crippen LogP contribution in [-0.2, 0) is 16.4 Å². The molecular formula is C18H20Cl2N2O2S. The van der Waals surface area contributed by atoms with Gasteiger partial charge in [0, 0.05) is 31.2 Å². The summed E-state index contributed by atoms with van der Waals surface area (Å²) in [7, 11) is -3.46. The zero-order valence-electron chi connectivity index (χ0n) is 14.0. The third-order valence-electron chi connectivity index (χ3n) is 4.46. The standard InChI is InChI=1S/C18H20Cl2N2O2S/c1-2-14-3-6-16(7-4-14)25(23,24)22-11-9-21(10-12-22)18-8-5-15(19)13-17(18)20/h3-8,13H,2,9-12H2,1H3. The number of nitrogens with zero attached hydrogens (tertiary/aromatic N) is 2. The highest BCUT2D eigenvalue weighted by Gasteiger charge is 2.29. The molecular weight excluding hydrogens is 379 g/mol. The predicted molar refractivity (Wildman–Crippen MR) is 103 cm³/mol. The number of aryl methyl sites for hydroxylation is 1. The Morgan fingerprint density at radius 2 is 1.60 bits per heavy atom. The van der Waals surface area contributed by atoms with E-state index in [1.807, 2.05) is 25.1 Å². The summed E-state index contributed by atoms with van der Waals surface area (Å²) in [6.45, 7) is 4.08. The van der Waals surface area contributed by atoms with Gasteiger partial charge >= 0.3 is 0 Å². The Hall–Kier alpha value is -1.27. The van der Waals surface area contributed by atoms with Gasteiger partial charge in [0.25, 0.3) is 0 Å². The Balaban J connectivity index is 1.72. The van der Waals surface area contributed by atoms with E-state index in [2.05, 4.69) is 4.90 Å². The number of halogens is 2. The first-order valence-electron chi connectivity index (χ1n) is 8.21. The minimum atomic E-state index is -3.46. The molecule has 0 atom stereocenters. The molecule has 1 fully saturated rings. The molecule has 134 valence electrons. The Morgan fingerprint density at radius 3 is 2.16 bits per heavy atom. The van der Waals surface area contributed by atoms with E-state index in [0.717, 1.165) is 17.7 Å². The Kier molecular flexibility index (Phi) is 5.58. The molecule has 25 heavy (non-hydrogen) atoms. The first kappa shape index (κ1) is 18.5. The number of sulfonamides is 1. The molecule has 0 unspecified atom stereocenters. The normalized spacial score (nSPS) is 16.2. The summed E-state index contributed by atoms with van der Waals surface area (Å²) < 4.78 is 27.1. The van der Waals surface area contributed by atoms with Gasteiger partial charge in [0.05, 0.1) is 15.6 Å². The van der Waals surface area contributed by atoms with Crippen LogP contribution in [0.3, 0.4) is 0 Å². The van der Waals surface area contributed by atoms with E-state index < -0.39 is 10.0 Å². The van der Waals surface area contributed by atoms with Crippen molar-refractivity contribution in [2.24, 2.45) is 0 Å². The highest BCUT2D eigenvalue weighted by molar-refractivity contribution is 7.89. The first-order chi connectivity index (χ1) is 11.9. The van der Waals surface area contributed by atoms with Gasteiger partial charge in [-0.1, -0.05) is 42.3 Å². The number of piperazine rings is 1. The van der Waals surface area contributed by atoms with Crippen molar-refractivity contribution in [3.63, 3.8) is 0 Å². The Morgan fingerprint density at radius 1 is 0.960 bits per heavy atom. The van der Waals surface area contributed by atoms with E-state index in [1.54, 1.807) is 24.3 Å². The van der Waals surface area contributed by atoms with Crippen LogP contribution in [0.15, 0.2) is 47.4 Å². The molecule has 1 aliphatic heterocycles. The smallest absolute Gasteiger partial charge is 0.243 e. The monoisotopic (exact) mass is 398 g/mol. The van der Waals surface area contributed by atoms with Crippen LogP contribution in [0, 0.1) is 0 Å². The number of anilines is 1. The van der Waals surface area contributed by atoms with Crippen molar-refractivity contribution in [2.75, 3.05) is 31.1 Å². The molecule has 1 saturated heterocycles. The lowest BCUT2D eigenvalue weighted by molar-refractivity contribution is 0.385. The number of hydrogen-bond donors (Lipinski definition) is 0. The molecule has 0 aromatic heterocycles. The van der Waals surface area contributed by atoms with E-state index in [9.17, 15) is 8.42 Å². The Bertz CT molecular complexity index is 846. The molecule has 0 N–H and O–H groups in total. The highest BCUT2D eigenvalue weighted by atomic mass is 35.5. The van der Waals surface area contributed by atoms with Crippen molar-refractivity contribution in [3.05, 3.63) is 58.1 Å². The lowest BCUT2D eigenvalue weighted by Gasteiger charge is -2.35. The minimum absolute atomic E-state index is 0.350. The predicted octanol–water partition coefficient (Wildman–Crippen LogP) is 4.07. The third kappa shape index (κ3) is 3.95. The quantitative estimate of drug-likeness (QED) is 0.779. The third-order valence-corrected chi connectivity index (χ3v) is 6.91. The highest BCUT2D eigenvalue weighted by Crippen LogP contribution is 2.30. The number of benzene rings is 2. The topological polar surface area (TPSA) is 40.6 Å². The van der Waals surface area contributed by atoms with Gasteiger partial charge in [-0.15, -0.1) is 0 Å². The van der Waals surface area contributed by atoms with Crippen LogP contribution in [0.4, 0.5) is 5.69 Å². The second-order valence-electron chi connectivity index (χ2n) is 5.98. The lowest BCUT2D eigenvalue weighted by atomic mass is 10.2. The molecule has 1 aliphatic rings. The van der Waals surface area contributed by atoms with Gasteiger partial charge in [0.2, 0.25) is 10.0 Å². The maximum absolute atomic E-state index is 12.8. The zero-order chi connectivity index (χ0) is 18.0. The average molecular weight is 399 g/mol. The first-order valence-corrected chi connectivity index (χ1v) is 10.4. The van der Waals surface area contributed by atoms with E-state index in [-0.39, 0.29) is 0 Å². The van der Waals surface area contributed by atoms with Gasteiger partial charge < -0.3 is 4.90 Å². The largest absolute Gasteiger partial charge is 0.368 e. The van der Waals surface area contributed by atoms with Crippen molar-refractivity contribution < 1.29 is 8.42 Å². The SMILES string of the molecule is CCc1ccc(S(=O)(=O)N2CCN(c3ccc(Cl)cc3Cl)CC2)cc1.